The van der Waals surface area contributed by atoms with E-state index in [2.05, 4.69) is 30.7 Å². The summed E-state index contributed by atoms with van der Waals surface area (Å²) in [6.07, 6.45) is 3.47. The Labute approximate surface area is 89.9 Å². The van der Waals surface area contributed by atoms with Crippen molar-refractivity contribution in [2.45, 2.75) is 33.1 Å². The fraction of sp³-hybridized carbons (Fsp3) is 0.636. The van der Waals surface area contributed by atoms with Crippen molar-refractivity contribution in [3.05, 3.63) is 22.4 Å². The Kier molecular flexibility index (Phi) is 4.27. The van der Waals surface area contributed by atoms with Crippen molar-refractivity contribution >= 4 is 22.9 Å². The molecule has 0 aliphatic heterocycles. The highest BCUT2D eigenvalue weighted by atomic mass is 35.5. The van der Waals surface area contributed by atoms with Crippen molar-refractivity contribution in [3.63, 3.8) is 0 Å². The summed E-state index contributed by atoms with van der Waals surface area (Å²) in [6, 6.07) is 2.21. The second-order valence-corrected chi connectivity index (χ2v) is 4.70. The number of hydrogen-bond acceptors (Lipinski definition) is 1. The minimum Gasteiger partial charge on any atom is -0.152 e. The molecule has 1 aromatic heterocycles. The van der Waals surface area contributed by atoms with Crippen LogP contribution in [-0.2, 0) is 6.42 Å². The standard InChI is InChI=1S/C11H17ClS/c1-3-11(4-2,9-12)7-10-5-6-13-8-10/h5-6,8H,3-4,7,9H2,1-2H3. The maximum atomic E-state index is 6.04. The first kappa shape index (κ1) is 11.1. The van der Waals surface area contributed by atoms with Gasteiger partial charge in [0, 0.05) is 5.88 Å². The summed E-state index contributed by atoms with van der Waals surface area (Å²) in [6.45, 7) is 4.47. The average Bonchev–Trinajstić information content (AvgIpc) is 2.67. The maximum absolute atomic E-state index is 6.04. The second-order valence-electron chi connectivity index (χ2n) is 3.65. The van der Waals surface area contributed by atoms with E-state index in [1.165, 1.54) is 18.4 Å². The van der Waals surface area contributed by atoms with E-state index in [9.17, 15) is 0 Å². The van der Waals surface area contributed by atoms with Gasteiger partial charge in [-0.2, -0.15) is 11.3 Å². The highest BCUT2D eigenvalue weighted by Gasteiger charge is 2.25. The highest BCUT2D eigenvalue weighted by molar-refractivity contribution is 7.07. The van der Waals surface area contributed by atoms with Crippen molar-refractivity contribution in [1.29, 1.82) is 0 Å². The van der Waals surface area contributed by atoms with Gasteiger partial charge in [-0.15, -0.1) is 11.6 Å². The van der Waals surface area contributed by atoms with E-state index < -0.39 is 0 Å². The van der Waals surface area contributed by atoms with Gasteiger partial charge < -0.3 is 0 Å². The number of halogens is 1. The van der Waals surface area contributed by atoms with E-state index in [1.54, 1.807) is 11.3 Å². The number of rotatable bonds is 5. The van der Waals surface area contributed by atoms with Crippen molar-refractivity contribution in [1.82, 2.24) is 0 Å². The Morgan fingerprint density at radius 3 is 2.46 bits per heavy atom. The van der Waals surface area contributed by atoms with Gasteiger partial charge in [0.2, 0.25) is 0 Å². The van der Waals surface area contributed by atoms with Crippen LogP contribution in [0.2, 0.25) is 0 Å². The molecule has 0 fully saturated rings. The van der Waals surface area contributed by atoms with Crippen molar-refractivity contribution in [2.75, 3.05) is 5.88 Å². The SMILES string of the molecule is CCC(CC)(CCl)Cc1ccsc1. The molecular formula is C11H17ClS. The molecule has 74 valence electrons. The minimum atomic E-state index is 0.322. The number of alkyl halides is 1. The Balaban J connectivity index is 2.67. The molecule has 1 rings (SSSR count). The van der Waals surface area contributed by atoms with Crippen LogP contribution in [0.4, 0.5) is 0 Å². The van der Waals surface area contributed by atoms with Crippen LogP contribution in [0.25, 0.3) is 0 Å². The Morgan fingerprint density at radius 2 is 2.08 bits per heavy atom. The first-order valence-electron chi connectivity index (χ1n) is 4.83. The number of hydrogen-bond donors (Lipinski definition) is 0. The summed E-state index contributed by atoms with van der Waals surface area (Å²) in [5.41, 5.74) is 1.76. The zero-order valence-electron chi connectivity index (χ0n) is 8.35. The molecule has 0 unspecified atom stereocenters. The third kappa shape index (κ3) is 2.72. The van der Waals surface area contributed by atoms with Gasteiger partial charge in [0.05, 0.1) is 0 Å². The summed E-state index contributed by atoms with van der Waals surface area (Å²) in [5, 5.41) is 4.37. The fourth-order valence-electron chi connectivity index (χ4n) is 1.56. The average molecular weight is 217 g/mol. The Morgan fingerprint density at radius 1 is 1.38 bits per heavy atom. The van der Waals surface area contributed by atoms with Crippen molar-refractivity contribution < 1.29 is 0 Å². The van der Waals surface area contributed by atoms with Gasteiger partial charge in [-0.25, -0.2) is 0 Å². The third-order valence-electron chi connectivity index (χ3n) is 2.94. The fourth-order valence-corrected chi connectivity index (χ4v) is 2.70. The molecule has 2 heteroatoms. The third-order valence-corrected chi connectivity index (χ3v) is 4.24. The largest absolute Gasteiger partial charge is 0.152 e. The van der Waals surface area contributed by atoms with Crippen LogP contribution in [0.1, 0.15) is 32.3 Å². The van der Waals surface area contributed by atoms with Crippen LogP contribution in [0.3, 0.4) is 0 Å². The number of thiophene rings is 1. The molecule has 0 bridgehead atoms. The van der Waals surface area contributed by atoms with Crippen molar-refractivity contribution in [3.8, 4) is 0 Å². The molecule has 0 spiro atoms. The topological polar surface area (TPSA) is 0 Å². The van der Waals surface area contributed by atoms with Gasteiger partial charge >= 0.3 is 0 Å². The monoisotopic (exact) mass is 216 g/mol. The first-order chi connectivity index (χ1) is 6.26. The van der Waals surface area contributed by atoms with Gasteiger partial charge in [0.25, 0.3) is 0 Å². The summed E-state index contributed by atoms with van der Waals surface area (Å²) >= 11 is 7.81. The van der Waals surface area contributed by atoms with Crippen LogP contribution in [0.5, 0.6) is 0 Å². The molecule has 0 aliphatic carbocycles. The molecule has 1 heterocycles. The molecule has 0 amide bonds. The van der Waals surface area contributed by atoms with Crippen LogP contribution in [0, 0.1) is 5.41 Å². The molecule has 0 saturated heterocycles. The lowest BCUT2D eigenvalue weighted by Crippen LogP contribution is -2.23. The van der Waals surface area contributed by atoms with Crippen LogP contribution < -0.4 is 0 Å². The van der Waals surface area contributed by atoms with E-state index in [0.29, 0.717) is 5.41 Å². The molecular weight excluding hydrogens is 200 g/mol. The maximum Gasteiger partial charge on any atom is 0.0282 e. The Hall–Kier alpha value is -0.0100. The van der Waals surface area contributed by atoms with Gasteiger partial charge in [0.15, 0.2) is 0 Å². The van der Waals surface area contributed by atoms with E-state index >= 15 is 0 Å². The normalized spacial score (nSPS) is 11.9. The molecule has 0 radical (unpaired) electrons. The van der Waals surface area contributed by atoms with Gasteiger partial charge in [-0.3, -0.25) is 0 Å². The summed E-state index contributed by atoms with van der Waals surface area (Å²) in [7, 11) is 0. The lowest BCUT2D eigenvalue weighted by atomic mass is 9.79. The van der Waals surface area contributed by atoms with E-state index in [4.69, 9.17) is 11.6 Å². The minimum absolute atomic E-state index is 0.322. The quantitative estimate of drug-likeness (QED) is 0.643. The van der Waals surface area contributed by atoms with Gasteiger partial charge in [-0.05, 0) is 47.1 Å². The molecule has 0 aromatic carbocycles. The summed E-state index contributed by atoms with van der Waals surface area (Å²) < 4.78 is 0. The molecule has 1 aromatic rings. The molecule has 0 saturated carbocycles. The highest BCUT2D eigenvalue weighted by Crippen LogP contribution is 2.32. The molecule has 13 heavy (non-hydrogen) atoms. The molecule has 0 nitrogen and oxygen atoms in total. The van der Waals surface area contributed by atoms with Gasteiger partial charge in [0.1, 0.15) is 0 Å². The lowest BCUT2D eigenvalue weighted by molar-refractivity contribution is 0.302. The molecule has 0 aliphatic rings. The van der Waals surface area contributed by atoms with Gasteiger partial charge in [-0.1, -0.05) is 13.8 Å². The Bertz CT molecular complexity index is 216. The summed E-state index contributed by atoms with van der Waals surface area (Å²) in [5.74, 6) is 0.774. The lowest BCUT2D eigenvalue weighted by Gasteiger charge is -2.28. The van der Waals surface area contributed by atoms with Crippen LogP contribution in [0.15, 0.2) is 16.8 Å². The van der Waals surface area contributed by atoms with E-state index in [-0.39, 0.29) is 0 Å². The second kappa shape index (κ2) is 5.02. The first-order valence-corrected chi connectivity index (χ1v) is 6.31. The van der Waals surface area contributed by atoms with E-state index in [0.717, 1.165) is 12.3 Å². The predicted molar refractivity (Wildman–Crippen MR) is 61.8 cm³/mol. The van der Waals surface area contributed by atoms with Crippen molar-refractivity contribution in [2.24, 2.45) is 5.41 Å². The predicted octanol–water partition coefficient (Wildman–Crippen LogP) is 4.34. The zero-order valence-corrected chi connectivity index (χ0v) is 9.92. The summed E-state index contributed by atoms with van der Waals surface area (Å²) in [4.78, 5) is 0. The molecule has 0 atom stereocenters. The van der Waals surface area contributed by atoms with Crippen LogP contribution >= 0.6 is 22.9 Å². The van der Waals surface area contributed by atoms with Crippen LogP contribution in [-0.4, -0.2) is 5.88 Å². The smallest absolute Gasteiger partial charge is 0.0282 e. The van der Waals surface area contributed by atoms with E-state index in [1.807, 2.05) is 0 Å². The molecule has 0 N–H and O–H groups in total. The zero-order chi connectivity index (χ0) is 9.73.